The molecule has 7 nitrogen and oxygen atoms in total. The minimum Gasteiger partial charge on any atom is -0.372 e. The molecule has 2 aliphatic rings. The van der Waals surface area contributed by atoms with Gasteiger partial charge in [0.05, 0.1) is 11.1 Å². The average Bonchev–Trinajstić information content (AvgIpc) is 2.99. The van der Waals surface area contributed by atoms with Crippen LogP contribution in [-0.2, 0) is 0 Å². The first-order valence-electron chi connectivity index (χ1n) is 10.9. The van der Waals surface area contributed by atoms with Gasteiger partial charge in [-0.3, -0.25) is 14.5 Å². The molecule has 1 saturated heterocycles. The Bertz CT molecular complexity index is 994. The first-order chi connectivity index (χ1) is 14.9. The fraction of sp³-hybridized carbons (Fsp3) is 0.375. The Hall–Kier alpha value is -3.35. The number of benzene rings is 2. The monoisotopic (exact) mass is 420 g/mol. The highest BCUT2D eigenvalue weighted by Gasteiger charge is 2.35. The zero-order valence-corrected chi connectivity index (χ0v) is 18.0. The van der Waals surface area contributed by atoms with Gasteiger partial charge in [0.1, 0.15) is 0 Å². The number of carbonyl (C=O) groups is 3. The number of fused-ring (bicyclic) bond motifs is 1. The first-order valence-corrected chi connectivity index (χ1v) is 10.9. The summed E-state index contributed by atoms with van der Waals surface area (Å²) in [7, 11) is 0. The minimum atomic E-state index is -0.401. The molecule has 0 radical (unpaired) electrons. The van der Waals surface area contributed by atoms with E-state index < -0.39 is 6.03 Å². The summed E-state index contributed by atoms with van der Waals surface area (Å²) >= 11 is 0. The summed E-state index contributed by atoms with van der Waals surface area (Å²) in [5, 5.41) is 5.56. The number of hydrogen-bond acceptors (Lipinski definition) is 4. The maximum atomic E-state index is 12.6. The number of nitrogens with one attached hydrogen (secondary N) is 2. The maximum Gasteiger partial charge on any atom is 0.323 e. The summed E-state index contributed by atoms with van der Waals surface area (Å²) in [5.74, 6) is -0.406. The lowest BCUT2D eigenvalue weighted by Crippen LogP contribution is -2.33. The van der Waals surface area contributed by atoms with E-state index in [1.165, 1.54) is 29.8 Å². The van der Waals surface area contributed by atoms with Crippen LogP contribution in [-0.4, -0.2) is 42.4 Å². The van der Waals surface area contributed by atoms with E-state index in [0.717, 1.165) is 13.1 Å². The van der Waals surface area contributed by atoms with Crippen molar-refractivity contribution in [2.45, 2.75) is 33.1 Å². The number of urea groups is 1. The van der Waals surface area contributed by atoms with Crippen LogP contribution in [0.15, 0.2) is 42.5 Å². The van der Waals surface area contributed by atoms with E-state index in [1.54, 1.807) is 18.2 Å². The second-order valence-electron chi connectivity index (χ2n) is 8.55. The lowest BCUT2D eigenvalue weighted by atomic mass is 10.1. The highest BCUT2D eigenvalue weighted by molar-refractivity contribution is 6.22. The van der Waals surface area contributed by atoms with Crippen LogP contribution in [0.25, 0.3) is 0 Å². The third-order valence-electron chi connectivity index (χ3n) is 5.62. The molecule has 2 aromatic carbocycles. The van der Waals surface area contributed by atoms with Crippen LogP contribution in [0.5, 0.6) is 0 Å². The molecule has 0 bridgehead atoms. The molecule has 7 heteroatoms. The fourth-order valence-electron chi connectivity index (χ4n) is 4.10. The van der Waals surface area contributed by atoms with Gasteiger partial charge in [0.25, 0.3) is 11.8 Å². The van der Waals surface area contributed by atoms with Crippen LogP contribution >= 0.6 is 0 Å². The van der Waals surface area contributed by atoms with E-state index in [-0.39, 0.29) is 17.7 Å². The minimum absolute atomic E-state index is 0.187. The molecule has 162 valence electrons. The molecular formula is C24H28N4O3. The maximum absolute atomic E-state index is 12.6. The van der Waals surface area contributed by atoms with Gasteiger partial charge in [-0.05, 0) is 67.6 Å². The molecule has 4 amide bonds. The Kier molecular flexibility index (Phi) is 5.93. The van der Waals surface area contributed by atoms with E-state index in [1.807, 2.05) is 38.1 Å². The Morgan fingerprint density at radius 3 is 2.16 bits per heavy atom. The van der Waals surface area contributed by atoms with Crippen molar-refractivity contribution in [1.82, 2.24) is 4.90 Å². The van der Waals surface area contributed by atoms with Crippen molar-refractivity contribution in [3.05, 3.63) is 53.6 Å². The van der Waals surface area contributed by atoms with E-state index in [0.29, 0.717) is 29.0 Å². The zero-order chi connectivity index (χ0) is 22.0. The van der Waals surface area contributed by atoms with Crippen molar-refractivity contribution in [2.24, 2.45) is 5.92 Å². The molecule has 0 unspecified atom stereocenters. The molecule has 0 saturated carbocycles. The molecule has 31 heavy (non-hydrogen) atoms. The molecule has 0 atom stereocenters. The molecule has 1 fully saturated rings. The van der Waals surface area contributed by atoms with Gasteiger partial charge in [0, 0.05) is 36.7 Å². The highest BCUT2D eigenvalue weighted by atomic mass is 16.2. The van der Waals surface area contributed by atoms with Crippen molar-refractivity contribution in [3.8, 4) is 0 Å². The Balaban J connectivity index is 1.39. The molecule has 4 rings (SSSR count). The van der Waals surface area contributed by atoms with Gasteiger partial charge in [0.15, 0.2) is 0 Å². The van der Waals surface area contributed by atoms with Gasteiger partial charge in [0.2, 0.25) is 0 Å². The van der Waals surface area contributed by atoms with E-state index in [4.69, 9.17) is 0 Å². The van der Waals surface area contributed by atoms with Crippen molar-refractivity contribution in [2.75, 3.05) is 35.2 Å². The Morgan fingerprint density at radius 2 is 1.48 bits per heavy atom. The van der Waals surface area contributed by atoms with Gasteiger partial charge < -0.3 is 15.5 Å². The van der Waals surface area contributed by atoms with Gasteiger partial charge in [-0.1, -0.05) is 13.8 Å². The lowest BCUT2D eigenvalue weighted by Gasteiger charge is -2.28. The van der Waals surface area contributed by atoms with Gasteiger partial charge >= 0.3 is 6.03 Å². The number of carbonyl (C=O) groups excluding carboxylic acids is 3. The zero-order valence-electron chi connectivity index (χ0n) is 18.0. The van der Waals surface area contributed by atoms with E-state index in [9.17, 15) is 14.4 Å². The number of imide groups is 1. The van der Waals surface area contributed by atoms with Gasteiger partial charge in [-0.15, -0.1) is 0 Å². The van der Waals surface area contributed by atoms with Crippen LogP contribution in [0, 0.1) is 5.92 Å². The Morgan fingerprint density at radius 1 is 0.871 bits per heavy atom. The molecule has 0 spiro atoms. The number of piperidine rings is 1. The summed E-state index contributed by atoms with van der Waals surface area (Å²) < 4.78 is 0. The van der Waals surface area contributed by atoms with Crippen molar-refractivity contribution >= 4 is 34.9 Å². The number of rotatable bonds is 5. The summed E-state index contributed by atoms with van der Waals surface area (Å²) in [4.78, 5) is 41.1. The van der Waals surface area contributed by atoms with Crippen LogP contribution < -0.4 is 15.5 Å². The van der Waals surface area contributed by atoms with Gasteiger partial charge in [-0.25, -0.2) is 4.79 Å². The van der Waals surface area contributed by atoms with E-state index >= 15 is 0 Å². The third kappa shape index (κ3) is 4.55. The second-order valence-corrected chi connectivity index (χ2v) is 8.55. The van der Waals surface area contributed by atoms with Crippen LogP contribution in [0.3, 0.4) is 0 Å². The SMILES string of the molecule is CC(C)CN1C(=O)c2ccc(NC(=O)Nc3ccc(N4CCCCC4)cc3)cc2C1=O. The predicted octanol–water partition coefficient (Wildman–Crippen LogP) is 4.57. The molecule has 2 aromatic rings. The summed E-state index contributed by atoms with van der Waals surface area (Å²) in [5.41, 5.74) is 3.03. The number of nitrogens with zero attached hydrogens (tertiary/aromatic N) is 2. The summed E-state index contributed by atoms with van der Waals surface area (Å²) in [6.45, 7) is 6.44. The topological polar surface area (TPSA) is 81.8 Å². The average molecular weight is 421 g/mol. The predicted molar refractivity (Wildman–Crippen MR) is 122 cm³/mol. The number of hydrogen-bond donors (Lipinski definition) is 2. The van der Waals surface area contributed by atoms with Crippen LogP contribution in [0.4, 0.5) is 21.9 Å². The number of amides is 4. The second kappa shape index (κ2) is 8.79. The van der Waals surface area contributed by atoms with Gasteiger partial charge in [-0.2, -0.15) is 0 Å². The van der Waals surface area contributed by atoms with E-state index in [2.05, 4.69) is 15.5 Å². The lowest BCUT2D eigenvalue weighted by molar-refractivity contribution is 0.0636. The summed E-state index contributed by atoms with van der Waals surface area (Å²) in [6.07, 6.45) is 3.72. The van der Waals surface area contributed by atoms with Crippen molar-refractivity contribution in [3.63, 3.8) is 0 Å². The van der Waals surface area contributed by atoms with Crippen molar-refractivity contribution in [1.29, 1.82) is 0 Å². The summed E-state index contributed by atoms with van der Waals surface area (Å²) in [6, 6.07) is 12.2. The molecule has 2 heterocycles. The number of anilines is 3. The fourth-order valence-corrected chi connectivity index (χ4v) is 4.10. The molecule has 2 N–H and O–H groups in total. The normalized spacial score (nSPS) is 16.0. The highest BCUT2D eigenvalue weighted by Crippen LogP contribution is 2.27. The Labute approximate surface area is 182 Å². The van der Waals surface area contributed by atoms with Crippen LogP contribution in [0.1, 0.15) is 53.8 Å². The smallest absolute Gasteiger partial charge is 0.323 e. The first kappa shape index (κ1) is 20.9. The molecule has 0 aliphatic carbocycles. The molecule has 0 aromatic heterocycles. The largest absolute Gasteiger partial charge is 0.372 e. The standard InChI is InChI=1S/C24H28N4O3/c1-16(2)15-28-22(29)20-11-8-18(14-21(20)23(28)30)26-24(31)25-17-6-9-19(10-7-17)27-12-4-3-5-13-27/h6-11,14,16H,3-5,12-13,15H2,1-2H3,(H2,25,26,31). The van der Waals surface area contributed by atoms with Crippen LogP contribution in [0.2, 0.25) is 0 Å². The molecule has 2 aliphatic heterocycles. The third-order valence-corrected chi connectivity index (χ3v) is 5.62. The quantitative estimate of drug-likeness (QED) is 0.694. The van der Waals surface area contributed by atoms with Crippen molar-refractivity contribution < 1.29 is 14.4 Å². The molecular weight excluding hydrogens is 392 g/mol.